The first kappa shape index (κ1) is 17.2. The quantitative estimate of drug-likeness (QED) is 0.543. The zero-order valence-electron chi connectivity index (χ0n) is 12.0. The molecule has 114 valence electrons. The number of halogens is 2. The third-order valence-electron chi connectivity index (χ3n) is 2.89. The lowest BCUT2D eigenvalue weighted by molar-refractivity contribution is -0.129. The first-order valence-corrected chi connectivity index (χ1v) is 7.09. The standard InChI is InChI=1S/C16H19ClFNO2/c1-3-4-5-6-9-19(16(20)11-17)12-13-7-8-15(21-2)14(18)10-13/h3-5,7-8,10H,1,6,9,11-12H2,2H3/b5-4+. The Morgan fingerprint density at radius 2 is 2.29 bits per heavy atom. The van der Waals surface area contributed by atoms with Gasteiger partial charge in [-0.2, -0.15) is 0 Å². The molecule has 0 aliphatic heterocycles. The number of hydrogen-bond acceptors (Lipinski definition) is 2. The fourth-order valence-electron chi connectivity index (χ4n) is 1.83. The predicted octanol–water partition coefficient (Wildman–Crippen LogP) is 3.53. The highest BCUT2D eigenvalue weighted by atomic mass is 35.5. The Hall–Kier alpha value is -1.81. The van der Waals surface area contributed by atoms with Crippen molar-refractivity contribution in [1.82, 2.24) is 4.90 Å². The molecule has 0 atom stereocenters. The first-order valence-electron chi connectivity index (χ1n) is 6.56. The van der Waals surface area contributed by atoms with Gasteiger partial charge in [-0.3, -0.25) is 4.79 Å². The van der Waals surface area contributed by atoms with Crippen molar-refractivity contribution < 1.29 is 13.9 Å². The average molecular weight is 312 g/mol. The number of benzene rings is 1. The van der Waals surface area contributed by atoms with Crippen LogP contribution in [-0.2, 0) is 11.3 Å². The van der Waals surface area contributed by atoms with Crippen LogP contribution in [0, 0.1) is 5.82 Å². The SMILES string of the molecule is C=C/C=C/CCN(Cc1ccc(OC)c(F)c1)C(=O)CCl. The van der Waals surface area contributed by atoms with Crippen LogP contribution in [0.3, 0.4) is 0 Å². The van der Waals surface area contributed by atoms with Gasteiger partial charge in [0.15, 0.2) is 11.6 Å². The van der Waals surface area contributed by atoms with Crippen LogP contribution in [0.5, 0.6) is 5.75 Å². The average Bonchev–Trinajstić information content (AvgIpc) is 2.49. The van der Waals surface area contributed by atoms with E-state index in [1.807, 2.05) is 12.2 Å². The Balaban J connectivity index is 2.75. The summed E-state index contributed by atoms with van der Waals surface area (Å²) in [4.78, 5) is 13.4. The Morgan fingerprint density at radius 3 is 2.86 bits per heavy atom. The molecule has 0 spiro atoms. The Labute approximate surface area is 129 Å². The van der Waals surface area contributed by atoms with E-state index in [9.17, 15) is 9.18 Å². The number of ether oxygens (including phenoxy) is 1. The molecule has 0 radical (unpaired) electrons. The minimum Gasteiger partial charge on any atom is -0.494 e. The Kier molecular flexibility index (Phi) is 7.54. The molecule has 1 aromatic carbocycles. The summed E-state index contributed by atoms with van der Waals surface area (Å²) < 4.78 is 18.5. The molecule has 1 aromatic rings. The second-order valence-corrected chi connectivity index (χ2v) is 4.64. The van der Waals surface area contributed by atoms with Gasteiger partial charge >= 0.3 is 0 Å². The monoisotopic (exact) mass is 311 g/mol. The molecule has 0 saturated heterocycles. The third kappa shape index (κ3) is 5.60. The Morgan fingerprint density at radius 1 is 1.52 bits per heavy atom. The maximum absolute atomic E-state index is 13.7. The predicted molar refractivity (Wildman–Crippen MR) is 83.0 cm³/mol. The van der Waals surface area contributed by atoms with Gasteiger partial charge in [0.25, 0.3) is 0 Å². The third-order valence-corrected chi connectivity index (χ3v) is 3.12. The molecule has 0 heterocycles. The number of nitrogens with zero attached hydrogens (tertiary/aromatic N) is 1. The maximum atomic E-state index is 13.7. The Bertz CT molecular complexity index is 517. The highest BCUT2D eigenvalue weighted by molar-refractivity contribution is 6.27. The summed E-state index contributed by atoms with van der Waals surface area (Å²) in [5.74, 6) is -0.535. The van der Waals surface area contributed by atoms with Gasteiger partial charge in [0.2, 0.25) is 5.91 Å². The van der Waals surface area contributed by atoms with Crippen LogP contribution in [0.1, 0.15) is 12.0 Å². The summed E-state index contributed by atoms with van der Waals surface area (Å²) >= 11 is 5.61. The molecule has 0 unspecified atom stereocenters. The van der Waals surface area contributed by atoms with Crippen molar-refractivity contribution in [2.75, 3.05) is 19.5 Å². The van der Waals surface area contributed by atoms with Crippen LogP contribution in [0.15, 0.2) is 43.0 Å². The van der Waals surface area contributed by atoms with Crippen LogP contribution in [0.2, 0.25) is 0 Å². The van der Waals surface area contributed by atoms with Crippen LogP contribution >= 0.6 is 11.6 Å². The van der Waals surface area contributed by atoms with Gasteiger partial charge in [-0.15, -0.1) is 11.6 Å². The number of carbonyl (C=O) groups excluding carboxylic acids is 1. The normalized spacial score (nSPS) is 10.6. The molecule has 21 heavy (non-hydrogen) atoms. The molecule has 3 nitrogen and oxygen atoms in total. The molecule has 0 aliphatic rings. The van der Waals surface area contributed by atoms with Crippen molar-refractivity contribution >= 4 is 17.5 Å². The van der Waals surface area contributed by atoms with E-state index in [-0.39, 0.29) is 17.5 Å². The van der Waals surface area contributed by atoms with Crippen molar-refractivity contribution in [3.63, 3.8) is 0 Å². The molecule has 0 fully saturated rings. The summed E-state index contributed by atoms with van der Waals surface area (Å²) in [6, 6.07) is 4.65. The fourth-order valence-corrected chi connectivity index (χ4v) is 2.00. The summed E-state index contributed by atoms with van der Waals surface area (Å²) in [6.07, 6.45) is 6.09. The van der Waals surface area contributed by atoms with Crippen molar-refractivity contribution in [3.05, 3.63) is 54.4 Å². The molecule has 0 aromatic heterocycles. The van der Waals surface area contributed by atoms with Gasteiger partial charge in [0.1, 0.15) is 5.88 Å². The van der Waals surface area contributed by atoms with E-state index in [2.05, 4.69) is 6.58 Å². The van der Waals surface area contributed by atoms with Crippen LogP contribution in [0.25, 0.3) is 0 Å². The van der Waals surface area contributed by atoms with Crippen molar-refractivity contribution in [1.29, 1.82) is 0 Å². The van der Waals surface area contributed by atoms with Crippen molar-refractivity contribution in [2.45, 2.75) is 13.0 Å². The van der Waals surface area contributed by atoms with Crippen LogP contribution < -0.4 is 4.74 Å². The lowest BCUT2D eigenvalue weighted by Gasteiger charge is -2.21. The molecule has 1 rings (SSSR count). The van der Waals surface area contributed by atoms with Gasteiger partial charge in [-0.25, -0.2) is 4.39 Å². The second-order valence-electron chi connectivity index (χ2n) is 4.37. The van der Waals surface area contributed by atoms with Crippen molar-refractivity contribution in [3.8, 4) is 5.75 Å². The van der Waals surface area contributed by atoms with Crippen LogP contribution in [-0.4, -0.2) is 30.3 Å². The summed E-state index contributed by atoms with van der Waals surface area (Å²) in [5.41, 5.74) is 0.694. The smallest absolute Gasteiger partial charge is 0.237 e. The molecule has 1 amide bonds. The fraction of sp³-hybridized carbons (Fsp3) is 0.312. The molecule has 5 heteroatoms. The van der Waals surface area contributed by atoms with Gasteiger partial charge in [-0.05, 0) is 24.1 Å². The second kappa shape index (κ2) is 9.19. The first-order chi connectivity index (χ1) is 10.1. The minimum atomic E-state index is -0.445. The molecule has 0 saturated carbocycles. The van der Waals surface area contributed by atoms with E-state index >= 15 is 0 Å². The van der Waals surface area contributed by atoms with E-state index in [0.717, 1.165) is 0 Å². The lowest BCUT2D eigenvalue weighted by atomic mass is 10.2. The van der Waals surface area contributed by atoms with E-state index < -0.39 is 5.82 Å². The summed E-state index contributed by atoms with van der Waals surface area (Å²) in [6.45, 7) is 4.41. The number of hydrogen-bond donors (Lipinski definition) is 0. The zero-order valence-corrected chi connectivity index (χ0v) is 12.8. The molecule has 0 aliphatic carbocycles. The zero-order chi connectivity index (χ0) is 15.7. The summed E-state index contributed by atoms with van der Waals surface area (Å²) in [7, 11) is 1.41. The number of amides is 1. The molecule has 0 bridgehead atoms. The van der Waals surface area contributed by atoms with Gasteiger partial charge in [-0.1, -0.05) is 30.9 Å². The van der Waals surface area contributed by atoms with Gasteiger partial charge in [0.05, 0.1) is 7.11 Å². The highest BCUT2D eigenvalue weighted by Crippen LogP contribution is 2.19. The van der Waals surface area contributed by atoms with E-state index in [4.69, 9.17) is 16.3 Å². The number of methoxy groups -OCH3 is 1. The largest absolute Gasteiger partial charge is 0.494 e. The molecule has 0 N–H and O–H groups in total. The maximum Gasteiger partial charge on any atom is 0.237 e. The lowest BCUT2D eigenvalue weighted by Crippen LogP contribution is -2.32. The van der Waals surface area contributed by atoms with Crippen LogP contribution in [0.4, 0.5) is 4.39 Å². The summed E-state index contributed by atoms with van der Waals surface area (Å²) in [5, 5.41) is 0. The molecular formula is C16H19ClFNO2. The minimum absolute atomic E-state index is 0.0934. The van der Waals surface area contributed by atoms with E-state index in [1.165, 1.54) is 13.2 Å². The van der Waals surface area contributed by atoms with E-state index in [0.29, 0.717) is 25.1 Å². The number of carbonyl (C=O) groups is 1. The van der Waals surface area contributed by atoms with Gasteiger partial charge < -0.3 is 9.64 Å². The number of rotatable bonds is 8. The number of allylic oxidation sites excluding steroid dienone is 2. The highest BCUT2D eigenvalue weighted by Gasteiger charge is 2.13. The van der Waals surface area contributed by atoms with E-state index in [1.54, 1.807) is 23.1 Å². The molecular weight excluding hydrogens is 293 g/mol. The van der Waals surface area contributed by atoms with Crippen molar-refractivity contribution in [2.24, 2.45) is 0 Å². The van der Waals surface area contributed by atoms with Gasteiger partial charge in [0, 0.05) is 13.1 Å². The number of alkyl halides is 1. The topological polar surface area (TPSA) is 29.5 Å².